The van der Waals surface area contributed by atoms with Gasteiger partial charge in [0.15, 0.2) is 0 Å². The van der Waals surface area contributed by atoms with Crippen LogP contribution in [0.25, 0.3) is 0 Å². The summed E-state index contributed by atoms with van der Waals surface area (Å²) < 4.78 is 1.68. The zero-order valence-corrected chi connectivity index (χ0v) is 8.21. The molecule has 0 aliphatic carbocycles. The molecule has 4 nitrogen and oxygen atoms in total. The average molecular weight is 189 g/mol. The first-order chi connectivity index (χ1) is 5.61. The van der Waals surface area contributed by atoms with Gasteiger partial charge < -0.3 is 5.32 Å². The van der Waals surface area contributed by atoms with Gasteiger partial charge in [0.05, 0.1) is 11.6 Å². The van der Waals surface area contributed by atoms with Crippen LogP contribution in [0.3, 0.4) is 0 Å². The first kappa shape index (κ1) is 9.32. The van der Waals surface area contributed by atoms with E-state index < -0.39 is 0 Å². The standard InChI is InChI=1S/C7H13ClN4/c1-5(8)6(2)10-7-4-9-11-12(7)3/h4-6,10H,1-3H3. The maximum Gasteiger partial charge on any atom is 0.144 e. The average Bonchev–Trinajstić information content (AvgIpc) is 2.36. The zero-order chi connectivity index (χ0) is 9.14. The van der Waals surface area contributed by atoms with Crippen molar-refractivity contribution in [1.29, 1.82) is 0 Å². The molecule has 1 rings (SSSR count). The van der Waals surface area contributed by atoms with Gasteiger partial charge in [-0.1, -0.05) is 5.21 Å². The molecule has 1 N–H and O–H groups in total. The van der Waals surface area contributed by atoms with E-state index in [4.69, 9.17) is 11.6 Å². The van der Waals surface area contributed by atoms with Crippen LogP contribution in [0.15, 0.2) is 6.20 Å². The summed E-state index contributed by atoms with van der Waals surface area (Å²) in [6, 6.07) is 0.212. The molecule has 5 heteroatoms. The lowest BCUT2D eigenvalue weighted by atomic mass is 10.2. The summed E-state index contributed by atoms with van der Waals surface area (Å²) in [5.74, 6) is 0.884. The van der Waals surface area contributed by atoms with Crippen molar-refractivity contribution < 1.29 is 0 Å². The Hall–Kier alpha value is -0.770. The molecule has 12 heavy (non-hydrogen) atoms. The van der Waals surface area contributed by atoms with Crippen molar-refractivity contribution >= 4 is 17.4 Å². The number of alkyl halides is 1. The molecule has 0 fully saturated rings. The van der Waals surface area contributed by atoms with E-state index in [9.17, 15) is 0 Å². The Bertz CT molecular complexity index is 245. The molecule has 0 aromatic carbocycles. The lowest BCUT2D eigenvalue weighted by Crippen LogP contribution is -2.25. The SMILES string of the molecule is CC(Cl)C(C)Nc1cnnn1C. The van der Waals surface area contributed by atoms with Crippen molar-refractivity contribution in [3.05, 3.63) is 6.20 Å². The third-order valence-electron chi connectivity index (χ3n) is 1.78. The zero-order valence-electron chi connectivity index (χ0n) is 7.45. The van der Waals surface area contributed by atoms with E-state index in [2.05, 4.69) is 15.6 Å². The Balaban J connectivity index is 2.58. The number of hydrogen-bond donors (Lipinski definition) is 1. The summed E-state index contributed by atoms with van der Waals surface area (Å²) in [4.78, 5) is 0. The summed E-state index contributed by atoms with van der Waals surface area (Å²) >= 11 is 5.88. The van der Waals surface area contributed by atoms with Crippen LogP contribution < -0.4 is 5.32 Å². The maximum absolute atomic E-state index is 5.88. The third kappa shape index (κ3) is 2.11. The molecule has 0 aliphatic rings. The fraction of sp³-hybridized carbons (Fsp3) is 0.714. The van der Waals surface area contributed by atoms with E-state index >= 15 is 0 Å². The molecule has 0 spiro atoms. The Morgan fingerprint density at radius 2 is 2.25 bits per heavy atom. The number of aromatic nitrogens is 3. The Morgan fingerprint density at radius 1 is 1.58 bits per heavy atom. The normalized spacial score (nSPS) is 15.7. The molecule has 1 heterocycles. The molecule has 2 unspecified atom stereocenters. The number of aryl methyl sites for hydroxylation is 1. The second-order valence-electron chi connectivity index (χ2n) is 2.85. The largest absolute Gasteiger partial charge is 0.365 e. The minimum absolute atomic E-state index is 0.0832. The number of nitrogens with one attached hydrogen (secondary N) is 1. The van der Waals surface area contributed by atoms with E-state index in [-0.39, 0.29) is 11.4 Å². The van der Waals surface area contributed by atoms with Gasteiger partial charge in [-0.2, -0.15) is 0 Å². The lowest BCUT2D eigenvalue weighted by molar-refractivity contribution is 0.696. The maximum atomic E-state index is 5.88. The van der Waals surface area contributed by atoms with Crippen LogP contribution >= 0.6 is 11.6 Å². The first-order valence-corrected chi connectivity index (χ1v) is 4.30. The first-order valence-electron chi connectivity index (χ1n) is 3.86. The van der Waals surface area contributed by atoms with E-state index in [0.717, 1.165) is 5.82 Å². The number of nitrogens with zero attached hydrogens (tertiary/aromatic N) is 3. The third-order valence-corrected chi connectivity index (χ3v) is 2.16. The highest BCUT2D eigenvalue weighted by atomic mass is 35.5. The second kappa shape index (κ2) is 3.76. The molecule has 68 valence electrons. The Labute approximate surface area is 76.9 Å². The monoisotopic (exact) mass is 188 g/mol. The Kier molecular flexibility index (Phi) is 2.92. The van der Waals surface area contributed by atoms with Crippen molar-refractivity contribution in [2.75, 3.05) is 5.32 Å². The molecular formula is C7H13ClN4. The molecule has 0 amide bonds. The smallest absolute Gasteiger partial charge is 0.144 e. The van der Waals surface area contributed by atoms with E-state index in [1.807, 2.05) is 20.9 Å². The highest BCUT2D eigenvalue weighted by Crippen LogP contribution is 2.08. The van der Waals surface area contributed by atoms with Crippen molar-refractivity contribution in [3.8, 4) is 0 Å². The molecule has 0 aliphatic heterocycles. The molecule has 1 aromatic rings. The fourth-order valence-corrected chi connectivity index (χ4v) is 0.831. The van der Waals surface area contributed by atoms with E-state index in [0.29, 0.717) is 0 Å². The molecule has 0 saturated heterocycles. The topological polar surface area (TPSA) is 42.7 Å². The Morgan fingerprint density at radius 3 is 2.67 bits per heavy atom. The minimum Gasteiger partial charge on any atom is -0.365 e. The molecule has 2 atom stereocenters. The van der Waals surface area contributed by atoms with Gasteiger partial charge in [-0.15, -0.1) is 16.7 Å². The van der Waals surface area contributed by atoms with Crippen LogP contribution in [-0.2, 0) is 7.05 Å². The van der Waals surface area contributed by atoms with Gasteiger partial charge in [-0.3, -0.25) is 0 Å². The fourth-order valence-electron chi connectivity index (χ4n) is 0.768. The predicted molar refractivity (Wildman–Crippen MR) is 49.4 cm³/mol. The summed E-state index contributed by atoms with van der Waals surface area (Å²) in [5, 5.41) is 10.8. The second-order valence-corrected chi connectivity index (χ2v) is 3.54. The van der Waals surface area contributed by atoms with Crippen LogP contribution in [-0.4, -0.2) is 26.4 Å². The van der Waals surface area contributed by atoms with Gasteiger partial charge in [0.2, 0.25) is 0 Å². The van der Waals surface area contributed by atoms with Crippen LogP contribution in [0, 0.1) is 0 Å². The van der Waals surface area contributed by atoms with Gasteiger partial charge in [-0.25, -0.2) is 4.68 Å². The van der Waals surface area contributed by atoms with Gasteiger partial charge in [0, 0.05) is 13.1 Å². The van der Waals surface area contributed by atoms with Gasteiger partial charge in [-0.05, 0) is 13.8 Å². The molecule has 0 radical (unpaired) electrons. The minimum atomic E-state index is 0.0832. The number of halogens is 1. The van der Waals surface area contributed by atoms with Crippen molar-refractivity contribution in [3.63, 3.8) is 0 Å². The summed E-state index contributed by atoms with van der Waals surface area (Å²) in [5.41, 5.74) is 0. The highest BCUT2D eigenvalue weighted by Gasteiger charge is 2.10. The molecule has 1 aromatic heterocycles. The van der Waals surface area contributed by atoms with Crippen LogP contribution in [0.1, 0.15) is 13.8 Å². The molecule has 0 bridgehead atoms. The quantitative estimate of drug-likeness (QED) is 0.726. The number of rotatable bonds is 3. The molecule has 0 saturated carbocycles. The van der Waals surface area contributed by atoms with Gasteiger partial charge >= 0.3 is 0 Å². The van der Waals surface area contributed by atoms with Crippen molar-refractivity contribution in [2.45, 2.75) is 25.3 Å². The number of anilines is 1. The highest BCUT2D eigenvalue weighted by molar-refractivity contribution is 6.20. The summed E-state index contributed by atoms with van der Waals surface area (Å²) in [7, 11) is 1.83. The van der Waals surface area contributed by atoms with Crippen molar-refractivity contribution in [1.82, 2.24) is 15.0 Å². The van der Waals surface area contributed by atoms with Crippen molar-refractivity contribution in [2.24, 2.45) is 7.05 Å². The molecular weight excluding hydrogens is 176 g/mol. The van der Waals surface area contributed by atoms with Crippen LogP contribution in [0.4, 0.5) is 5.82 Å². The predicted octanol–water partition coefficient (Wildman–Crippen LogP) is 1.24. The van der Waals surface area contributed by atoms with Crippen LogP contribution in [0.2, 0.25) is 0 Å². The van der Waals surface area contributed by atoms with Gasteiger partial charge in [0.1, 0.15) is 5.82 Å². The summed E-state index contributed by atoms with van der Waals surface area (Å²) in [6.07, 6.45) is 1.68. The van der Waals surface area contributed by atoms with Gasteiger partial charge in [0.25, 0.3) is 0 Å². The van der Waals surface area contributed by atoms with E-state index in [1.165, 1.54) is 0 Å². The van der Waals surface area contributed by atoms with E-state index in [1.54, 1.807) is 10.9 Å². The summed E-state index contributed by atoms with van der Waals surface area (Å²) in [6.45, 7) is 3.97. The lowest BCUT2D eigenvalue weighted by Gasteiger charge is -2.16. The number of hydrogen-bond acceptors (Lipinski definition) is 3. The van der Waals surface area contributed by atoms with Crippen LogP contribution in [0.5, 0.6) is 0 Å².